The van der Waals surface area contributed by atoms with Gasteiger partial charge in [0.1, 0.15) is 5.82 Å². The number of hydrogen-bond acceptors (Lipinski definition) is 5. The van der Waals surface area contributed by atoms with Gasteiger partial charge in [0.2, 0.25) is 5.89 Å². The Morgan fingerprint density at radius 2 is 2.12 bits per heavy atom. The molecule has 6 heteroatoms. The second-order valence-electron chi connectivity index (χ2n) is 3.14. The van der Waals surface area contributed by atoms with Gasteiger partial charge in [-0.1, -0.05) is 17.2 Å². The lowest BCUT2D eigenvalue weighted by Crippen LogP contribution is -2.02. The van der Waals surface area contributed by atoms with Gasteiger partial charge in [0.05, 0.1) is 5.69 Å². The van der Waals surface area contributed by atoms with Crippen molar-refractivity contribution in [1.29, 1.82) is 0 Å². The van der Waals surface area contributed by atoms with Gasteiger partial charge in [-0.05, 0) is 12.1 Å². The van der Waals surface area contributed by atoms with Gasteiger partial charge in [-0.2, -0.15) is 0 Å². The van der Waals surface area contributed by atoms with E-state index in [4.69, 9.17) is 10.2 Å². The summed E-state index contributed by atoms with van der Waals surface area (Å²) in [6.07, 6.45) is 0.506. The van der Waals surface area contributed by atoms with E-state index in [1.165, 1.54) is 6.07 Å². The molecule has 0 amide bonds. The van der Waals surface area contributed by atoms with Crippen molar-refractivity contribution in [1.82, 2.24) is 10.2 Å². The molecule has 0 saturated heterocycles. The second-order valence-corrected chi connectivity index (χ2v) is 3.14. The van der Waals surface area contributed by atoms with Gasteiger partial charge in [-0.15, -0.1) is 5.10 Å². The average Bonchev–Trinajstić information content (AvgIpc) is 2.70. The van der Waals surface area contributed by atoms with Crippen molar-refractivity contribution in [2.45, 2.75) is 6.42 Å². The van der Waals surface area contributed by atoms with E-state index in [0.717, 1.165) is 0 Å². The van der Waals surface area contributed by atoms with E-state index in [1.54, 1.807) is 18.2 Å². The first-order valence-corrected chi connectivity index (χ1v) is 4.83. The molecule has 0 bridgehead atoms. The zero-order valence-electron chi connectivity index (χ0n) is 8.48. The smallest absolute Gasteiger partial charge is 0.320 e. The topological polar surface area (TPSA) is 77.0 Å². The molecule has 3 N–H and O–H groups in total. The fourth-order valence-corrected chi connectivity index (χ4v) is 1.21. The minimum Gasteiger partial charge on any atom is -0.408 e. The van der Waals surface area contributed by atoms with Gasteiger partial charge in [0.25, 0.3) is 0 Å². The number of hydrogen-bond donors (Lipinski definition) is 2. The molecule has 5 nitrogen and oxygen atoms in total. The molecule has 0 saturated carbocycles. The van der Waals surface area contributed by atoms with Crippen LogP contribution in [-0.4, -0.2) is 16.7 Å². The van der Waals surface area contributed by atoms with Crippen LogP contribution in [0.4, 0.5) is 16.1 Å². The highest BCUT2D eigenvalue weighted by Crippen LogP contribution is 2.18. The Morgan fingerprint density at radius 1 is 1.31 bits per heavy atom. The monoisotopic (exact) mass is 222 g/mol. The highest BCUT2D eigenvalue weighted by Gasteiger charge is 2.07. The molecule has 0 radical (unpaired) electrons. The maximum Gasteiger partial charge on any atom is 0.320 e. The van der Waals surface area contributed by atoms with E-state index in [2.05, 4.69) is 15.5 Å². The Hall–Kier alpha value is -1.95. The third kappa shape index (κ3) is 2.34. The summed E-state index contributed by atoms with van der Waals surface area (Å²) in [4.78, 5) is 0. The van der Waals surface area contributed by atoms with Gasteiger partial charge < -0.3 is 15.5 Å². The van der Waals surface area contributed by atoms with Gasteiger partial charge in [-0.3, -0.25) is 0 Å². The van der Waals surface area contributed by atoms with Crippen LogP contribution in [0.1, 0.15) is 5.89 Å². The number of rotatable bonds is 4. The van der Waals surface area contributed by atoms with Crippen molar-refractivity contribution in [3.8, 4) is 0 Å². The highest BCUT2D eigenvalue weighted by atomic mass is 19.1. The number of para-hydroxylation sites is 1. The number of anilines is 2. The summed E-state index contributed by atoms with van der Waals surface area (Å²) >= 11 is 0. The summed E-state index contributed by atoms with van der Waals surface area (Å²) in [5.41, 5.74) is 5.64. The molecule has 0 unspecified atom stereocenters. The lowest BCUT2D eigenvalue weighted by atomic mass is 10.3. The van der Waals surface area contributed by atoms with E-state index in [-0.39, 0.29) is 11.8 Å². The van der Waals surface area contributed by atoms with Crippen molar-refractivity contribution < 1.29 is 8.81 Å². The van der Waals surface area contributed by atoms with Crippen molar-refractivity contribution in [2.75, 3.05) is 11.9 Å². The quantitative estimate of drug-likeness (QED) is 0.818. The van der Waals surface area contributed by atoms with Crippen molar-refractivity contribution >= 4 is 11.7 Å². The summed E-state index contributed by atoms with van der Waals surface area (Å²) in [7, 11) is 0. The predicted molar refractivity (Wildman–Crippen MR) is 56.7 cm³/mol. The van der Waals surface area contributed by atoms with Gasteiger partial charge in [0.15, 0.2) is 0 Å². The number of benzene rings is 1. The molecular weight excluding hydrogens is 211 g/mol. The molecule has 2 rings (SSSR count). The third-order valence-electron chi connectivity index (χ3n) is 1.94. The van der Waals surface area contributed by atoms with E-state index in [0.29, 0.717) is 24.5 Å². The Labute approximate surface area is 91.5 Å². The van der Waals surface area contributed by atoms with Crippen LogP contribution in [0.5, 0.6) is 0 Å². The predicted octanol–water partition coefficient (Wildman–Crippen LogP) is 1.45. The Morgan fingerprint density at radius 3 is 2.88 bits per heavy atom. The number of nitrogens with two attached hydrogens (primary N) is 1. The minimum atomic E-state index is -0.374. The molecule has 0 spiro atoms. The van der Waals surface area contributed by atoms with Crippen LogP contribution < -0.4 is 11.1 Å². The van der Waals surface area contributed by atoms with Gasteiger partial charge in [0, 0.05) is 13.0 Å². The molecule has 1 aromatic heterocycles. The van der Waals surface area contributed by atoms with Crippen LogP contribution in [0.2, 0.25) is 0 Å². The SMILES string of the molecule is NCCc1nnc(Nc2ccccc2F)o1. The summed E-state index contributed by atoms with van der Waals surface area (Å²) < 4.78 is 18.5. The fourth-order valence-electron chi connectivity index (χ4n) is 1.21. The number of aromatic nitrogens is 2. The van der Waals surface area contributed by atoms with Crippen LogP contribution in [0.15, 0.2) is 28.7 Å². The molecule has 2 aromatic rings. The first-order valence-electron chi connectivity index (χ1n) is 4.83. The van der Waals surface area contributed by atoms with E-state index < -0.39 is 0 Å². The molecule has 1 heterocycles. The maximum absolute atomic E-state index is 13.3. The van der Waals surface area contributed by atoms with Crippen molar-refractivity contribution in [3.63, 3.8) is 0 Å². The molecule has 0 atom stereocenters. The maximum atomic E-state index is 13.3. The number of nitrogens with zero attached hydrogens (tertiary/aromatic N) is 2. The number of nitrogens with one attached hydrogen (secondary N) is 1. The van der Waals surface area contributed by atoms with E-state index in [1.807, 2.05) is 0 Å². The molecule has 0 aliphatic rings. The zero-order valence-corrected chi connectivity index (χ0v) is 8.48. The lowest BCUT2D eigenvalue weighted by molar-refractivity contribution is 0.509. The van der Waals surface area contributed by atoms with Crippen molar-refractivity contribution in [2.24, 2.45) is 5.73 Å². The standard InChI is InChI=1S/C10H11FN4O/c11-7-3-1-2-4-8(7)13-10-15-14-9(16-10)5-6-12/h1-4H,5-6,12H2,(H,13,15). The molecular formula is C10H11FN4O. The molecule has 84 valence electrons. The van der Waals surface area contributed by atoms with E-state index >= 15 is 0 Å². The number of halogens is 1. The van der Waals surface area contributed by atoms with Crippen LogP contribution in [0.25, 0.3) is 0 Å². The van der Waals surface area contributed by atoms with Crippen molar-refractivity contribution in [3.05, 3.63) is 36.0 Å². The normalized spacial score (nSPS) is 10.4. The zero-order chi connectivity index (χ0) is 11.4. The van der Waals surface area contributed by atoms with E-state index in [9.17, 15) is 4.39 Å². The second kappa shape index (κ2) is 4.71. The van der Waals surface area contributed by atoms with Gasteiger partial charge >= 0.3 is 6.01 Å². The first-order chi connectivity index (χ1) is 7.79. The van der Waals surface area contributed by atoms with Crippen LogP contribution in [0.3, 0.4) is 0 Å². The third-order valence-corrected chi connectivity index (χ3v) is 1.94. The van der Waals surface area contributed by atoms with Crippen LogP contribution in [0, 0.1) is 5.82 Å². The molecule has 0 fully saturated rings. The van der Waals surface area contributed by atoms with Crippen LogP contribution >= 0.6 is 0 Å². The molecule has 1 aromatic carbocycles. The average molecular weight is 222 g/mol. The van der Waals surface area contributed by atoms with Crippen LogP contribution in [-0.2, 0) is 6.42 Å². The van der Waals surface area contributed by atoms with Gasteiger partial charge in [-0.25, -0.2) is 4.39 Å². The first kappa shape index (κ1) is 10.6. The molecule has 0 aliphatic heterocycles. The summed E-state index contributed by atoms with van der Waals surface area (Å²) in [6, 6.07) is 6.41. The minimum absolute atomic E-state index is 0.161. The summed E-state index contributed by atoms with van der Waals surface area (Å²) in [6.45, 7) is 0.432. The Kier molecular flexibility index (Phi) is 3.11. The molecule has 0 aliphatic carbocycles. The summed E-state index contributed by atoms with van der Waals surface area (Å²) in [5.74, 6) is 0.0578. The largest absolute Gasteiger partial charge is 0.408 e. The fraction of sp³-hybridized carbons (Fsp3) is 0.200. The Balaban J connectivity index is 2.11. The summed E-state index contributed by atoms with van der Waals surface area (Å²) in [5, 5.41) is 10.2. The lowest BCUT2D eigenvalue weighted by Gasteiger charge is -2.01. The molecule has 16 heavy (non-hydrogen) atoms. The highest BCUT2D eigenvalue weighted by molar-refractivity contribution is 5.52. The Bertz CT molecular complexity index is 471.